The Bertz CT molecular complexity index is 630. The number of nitrogens with zero attached hydrogens (tertiary/aromatic N) is 1. The molecular formula is C14H20N2O4S. The van der Waals surface area contributed by atoms with Gasteiger partial charge in [0.15, 0.2) is 0 Å². The normalized spacial score (nSPS) is 23.0. The van der Waals surface area contributed by atoms with E-state index < -0.39 is 16.2 Å². The third-order valence-electron chi connectivity index (χ3n) is 3.60. The van der Waals surface area contributed by atoms with Crippen LogP contribution in [0, 0.1) is 0 Å². The number of carbonyl (C=O) groups excluding carboxylic acids is 1. The average Bonchev–Trinajstić information content (AvgIpc) is 2.39. The van der Waals surface area contributed by atoms with E-state index in [4.69, 9.17) is 9.92 Å². The van der Waals surface area contributed by atoms with Crippen LogP contribution in [0.15, 0.2) is 24.3 Å². The molecule has 1 amide bonds. The molecule has 1 heterocycles. The minimum Gasteiger partial charge on any atom is -0.398 e. The van der Waals surface area contributed by atoms with Gasteiger partial charge in [-0.3, -0.25) is 8.98 Å². The molecule has 21 heavy (non-hydrogen) atoms. The number of amides is 1. The van der Waals surface area contributed by atoms with E-state index in [0.717, 1.165) is 6.26 Å². The van der Waals surface area contributed by atoms with Crippen LogP contribution >= 0.6 is 0 Å². The van der Waals surface area contributed by atoms with E-state index in [1.807, 2.05) is 6.92 Å². The van der Waals surface area contributed by atoms with Gasteiger partial charge in [-0.05, 0) is 31.9 Å². The number of hydrogen-bond acceptors (Lipinski definition) is 5. The lowest BCUT2D eigenvalue weighted by atomic mass is 10.00. The van der Waals surface area contributed by atoms with Gasteiger partial charge in [0.2, 0.25) is 0 Å². The van der Waals surface area contributed by atoms with Gasteiger partial charge < -0.3 is 10.6 Å². The average molecular weight is 312 g/mol. The SMILES string of the molecule is C[C@@H]1CC[C@H](OS(C)(=O)=O)CN1C(=O)c1ccccc1N. The van der Waals surface area contributed by atoms with Crippen molar-refractivity contribution in [2.75, 3.05) is 18.5 Å². The van der Waals surface area contributed by atoms with Crippen molar-refractivity contribution >= 4 is 21.7 Å². The van der Waals surface area contributed by atoms with Crippen molar-refractivity contribution in [2.45, 2.75) is 31.9 Å². The monoisotopic (exact) mass is 312 g/mol. The first-order valence-corrected chi connectivity index (χ1v) is 8.63. The molecule has 1 aliphatic rings. The van der Waals surface area contributed by atoms with Crippen molar-refractivity contribution in [3.63, 3.8) is 0 Å². The van der Waals surface area contributed by atoms with Crippen LogP contribution in [0.4, 0.5) is 5.69 Å². The van der Waals surface area contributed by atoms with Crippen LogP contribution in [0.5, 0.6) is 0 Å². The Labute approximate surface area is 125 Å². The predicted molar refractivity (Wildman–Crippen MR) is 80.3 cm³/mol. The predicted octanol–water partition coefficient (Wildman–Crippen LogP) is 1.24. The summed E-state index contributed by atoms with van der Waals surface area (Å²) in [4.78, 5) is 14.2. The van der Waals surface area contributed by atoms with Crippen LogP contribution in [0.25, 0.3) is 0 Å². The van der Waals surface area contributed by atoms with E-state index in [-0.39, 0.29) is 18.5 Å². The zero-order valence-corrected chi connectivity index (χ0v) is 13.0. The van der Waals surface area contributed by atoms with Gasteiger partial charge in [-0.15, -0.1) is 0 Å². The highest BCUT2D eigenvalue weighted by molar-refractivity contribution is 7.86. The summed E-state index contributed by atoms with van der Waals surface area (Å²) in [5.41, 5.74) is 6.69. The third kappa shape index (κ3) is 3.95. The number of hydrogen-bond donors (Lipinski definition) is 1. The second-order valence-electron chi connectivity index (χ2n) is 5.39. The van der Waals surface area contributed by atoms with Gasteiger partial charge in [-0.25, -0.2) is 0 Å². The molecule has 1 saturated heterocycles. The first kappa shape index (κ1) is 15.8. The van der Waals surface area contributed by atoms with Crippen LogP contribution in [-0.2, 0) is 14.3 Å². The summed E-state index contributed by atoms with van der Waals surface area (Å²) < 4.78 is 27.5. The Morgan fingerprint density at radius 3 is 2.62 bits per heavy atom. The van der Waals surface area contributed by atoms with Crippen LogP contribution < -0.4 is 5.73 Å². The standard InChI is InChI=1S/C14H20N2O4S/c1-10-7-8-11(20-21(2,18)19)9-16(10)14(17)12-5-3-4-6-13(12)15/h3-6,10-11H,7-9,15H2,1-2H3/t10-,11+/m1/s1. The number of anilines is 1. The minimum atomic E-state index is -3.53. The summed E-state index contributed by atoms with van der Waals surface area (Å²) in [6.07, 6.45) is 1.83. The third-order valence-corrected chi connectivity index (χ3v) is 4.22. The van der Waals surface area contributed by atoms with Crippen molar-refractivity contribution in [3.05, 3.63) is 29.8 Å². The lowest BCUT2D eigenvalue weighted by Gasteiger charge is -2.37. The molecule has 1 aromatic carbocycles. The first-order valence-electron chi connectivity index (χ1n) is 6.81. The van der Waals surface area contributed by atoms with Crippen LogP contribution in [0.1, 0.15) is 30.1 Å². The molecule has 1 fully saturated rings. The van der Waals surface area contributed by atoms with Gasteiger partial charge in [0.1, 0.15) is 0 Å². The maximum Gasteiger partial charge on any atom is 0.264 e. The van der Waals surface area contributed by atoms with E-state index >= 15 is 0 Å². The number of piperidine rings is 1. The van der Waals surface area contributed by atoms with Gasteiger partial charge >= 0.3 is 0 Å². The van der Waals surface area contributed by atoms with E-state index in [1.165, 1.54) is 0 Å². The molecule has 0 radical (unpaired) electrons. The Morgan fingerprint density at radius 1 is 1.33 bits per heavy atom. The number of nitrogen functional groups attached to an aromatic ring is 1. The molecule has 116 valence electrons. The van der Waals surface area contributed by atoms with E-state index in [9.17, 15) is 13.2 Å². The van der Waals surface area contributed by atoms with E-state index in [2.05, 4.69) is 0 Å². The fourth-order valence-electron chi connectivity index (χ4n) is 2.53. The Morgan fingerprint density at radius 2 is 2.00 bits per heavy atom. The van der Waals surface area contributed by atoms with E-state index in [0.29, 0.717) is 24.1 Å². The molecule has 7 heteroatoms. The molecule has 6 nitrogen and oxygen atoms in total. The molecule has 0 saturated carbocycles. The van der Waals surface area contributed by atoms with Gasteiger partial charge in [-0.2, -0.15) is 8.42 Å². The number of carbonyl (C=O) groups is 1. The molecule has 2 rings (SSSR count). The molecule has 0 aromatic heterocycles. The fraction of sp³-hybridized carbons (Fsp3) is 0.500. The molecule has 0 bridgehead atoms. The van der Waals surface area contributed by atoms with Gasteiger partial charge in [0.25, 0.3) is 16.0 Å². The highest BCUT2D eigenvalue weighted by atomic mass is 32.2. The Kier molecular flexibility index (Phi) is 4.53. The number of benzene rings is 1. The summed E-state index contributed by atoms with van der Waals surface area (Å²) in [6, 6.07) is 6.89. The zero-order valence-electron chi connectivity index (χ0n) is 12.2. The molecule has 0 unspecified atom stereocenters. The maximum absolute atomic E-state index is 12.6. The maximum atomic E-state index is 12.6. The number of para-hydroxylation sites is 1. The summed E-state index contributed by atoms with van der Waals surface area (Å²) in [5.74, 6) is -0.192. The molecule has 1 aliphatic heterocycles. The zero-order chi connectivity index (χ0) is 15.6. The summed E-state index contributed by atoms with van der Waals surface area (Å²) in [6.45, 7) is 2.19. The highest BCUT2D eigenvalue weighted by Gasteiger charge is 2.32. The van der Waals surface area contributed by atoms with Crippen LogP contribution in [0.3, 0.4) is 0 Å². The van der Waals surface area contributed by atoms with E-state index in [1.54, 1.807) is 29.2 Å². The van der Waals surface area contributed by atoms with Crippen molar-refractivity contribution < 1.29 is 17.4 Å². The second kappa shape index (κ2) is 6.03. The first-order chi connectivity index (χ1) is 9.78. The Balaban J connectivity index is 2.17. The summed E-state index contributed by atoms with van der Waals surface area (Å²) in [7, 11) is -3.53. The highest BCUT2D eigenvalue weighted by Crippen LogP contribution is 2.24. The van der Waals surface area contributed by atoms with Crippen LogP contribution in [-0.4, -0.2) is 44.2 Å². The fourth-order valence-corrected chi connectivity index (χ4v) is 3.18. The lowest BCUT2D eigenvalue weighted by molar-refractivity contribution is 0.0402. The van der Waals surface area contributed by atoms with Gasteiger partial charge in [0.05, 0.1) is 17.9 Å². The molecule has 2 atom stereocenters. The van der Waals surface area contributed by atoms with Crippen molar-refractivity contribution in [1.29, 1.82) is 0 Å². The molecule has 0 aliphatic carbocycles. The largest absolute Gasteiger partial charge is 0.398 e. The summed E-state index contributed by atoms with van der Waals surface area (Å²) in [5, 5.41) is 0. The molecule has 1 aromatic rings. The van der Waals surface area contributed by atoms with Gasteiger partial charge in [-0.1, -0.05) is 12.1 Å². The Hall–Kier alpha value is -1.60. The van der Waals surface area contributed by atoms with Crippen molar-refractivity contribution in [3.8, 4) is 0 Å². The molecule has 0 spiro atoms. The number of likely N-dealkylation sites (tertiary alicyclic amines) is 1. The second-order valence-corrected chi connectivity index (χ2v) is 6.99. The topological polar surface area (TPSA) is 89.7 Å². The summed E-state index contributed by atoms with van der Waals surface area (Å²) >= 11 is 0. The number of rotatable bonds is 3. The molecule has 2 N–H and O–H groups in total. The molecular weight excluding hydrogens is 292 g/mol. The lowest BCUT2D eigenvalue weighted by Crippen LogP contribution is -2.48. The smallest absolute Gasteiger partial charge is 0.264 e. The van der Waals surface area contributed by atoms with Crippen molar-refractivity contribution in [2.24, 2.45) is 0 Å². The van der Waals surface area contributed by atoms with Crippen molar-refractivity contribution in [1.82, 2.24) is 4.90 Å². The minimum absolute atomic E-state index is 0.0246. The number of nitrogens with two attached hydrogens (primary N) is 1. The van der Waals surface area contributed by atoms with Crippen LogP contribution in [0.2, 0.25) is 0 Å². The van der Waals surface area contributed by atoms with Gasteiger partial charge in [0, 0.05) is 18.3 Å². The quantitative estimate of drug-likeness (QED) is 0.670.